The average molecular weight is 211 g/mol. The monoisotopic (exact) mass is 211 g/mol. The lowest BCUT2D eigenvalue weighted by molar-refractivity contribution is -0.132. The van der Waals surface area contributed by atoms with Crippen LogP contribution in [-0.2, 0) is 9.53 Å². The smallest absolute Gasteiger partial charge is 0.410 e. The Morgan fingerprint density at radius 3 is 2.13 bits per heavy atom. The van der Waals surface area contributed by atoms with Gasteiger partial charge >= 0.3 is 6.09 Å². The van der Waals surface area contributed by atoms with E-state index in [0.717, 1.165) is 12.8 Å². The number of methoxy groups -OCH3 is 1. The zero-order valence-corrected chi connectivity index (χ0v) is 9.40. The number of carbonyl (C=O) groups excluding carboxylic acids is 2. The maximum Gasteiger partial charge on any atom is 0.410 e. The van der Waals surface area contributed by atoms with Crippen LogP contribution in [0.2, 0.25) is 0 Å². The van der Waals surface area contributed by atoms with E-state index in [1.807, 2.05) is 13.8 Å². The first-order valence-electron chi connectivity index (χ1n) is 5.48. The molecule has 84 valence electrons. The van der Waals surface area contributed by atoms with Crippen LogP contribution in [0.25, 0.3) is 0 Å². The molecule has 4 unspecified atom stereocenters. The van der Waals surface area contributed by atoms with E-state index in [-0.39, 0.29) is 30.0 Å². The number of Topliss-reactive ketones (excluding diaryl/α,β-unsaturated/α-hetero) is 1. The lowest BCUT2D eigenvalue weighted by Crippen LogP contribution is -2.55. The molecule has 15 heavy (non-hydrogen) atoms. The van der Waals surface area contributed by atoms with Crippen LogP contribution in [0.3, 0.4) is 0 Å². The summed E-state index contributed by atoms with van der Waals surface area (Å²) in [6.45, 7) is 3.84. The molecule has 2 aliphatic heterocycles. The fourth-order valence-electron chi connectivity index (χ4n) is 3.02. The van der Waals surface area contributed by atoms with E-state index in [1.54, 1.807) is 4.90 Å². The summed E-state index contributed by atoms with van der Waals surface area (Å²) in [5.74, 6) is 0.207. The van der Waals surface area contributed by atoms with Gasteiger partial charge in [-0.2, -0.15) is 0 Å². The maximum atomic E-state index is 11.9. The highest BCUT2D eigenvalue weighted by Gasteiger charge is 2.51. The molecule has 4 heteroatoms. The fraction of sp³-hybridized carbons (Fsp3) is 0.818. The fourth-order valence-corrected chi connectivity index (χ4v) is 3.02. The van der Waals surface area contributed by atoms with Crippen LogP contribution < -0.4 is 0 Å². The van der Waals surface area contributed by atoms with Crippen LogP contribution in [-0.4, -0.2) is 36.0 Å². The molecule has 2 aliphatic rings. The Hall–Kier alpha value is -1.06. The van der Waals surface area contributed by atoms with Gasteiger partial charge in [0.05, 0.1) is 7.11 Å². The van der Waals surface area contributed by atoms with E-state index in [0.29, 0.717) is 5.78 Å². The summed E-state index contributed by atoms with van der Waals surface area (Å²) >= 11 is 0. The molecule has 0 spiro atoms. The van der Waals surface area contributed by atoms with E-state index in [2.05, 4.69) is 0 Å². The Bertz CT molecular complexity index is 282. The Morgan fingerprint density at radius 1 is 1.27 bits per heavy atom. The standard InChI is InChI=1S/C11H17NO3/c1-6-8-4-5-9(7(2)10(6)13)12(8)11(14)15-3/h6-9H,4-5H2,1-3H3. The minimum absolute atomic E-state index is 0.0437. The van der Waals surface area contributed by atoms with Crippen LogP contribution in [0.4, 0.5) is 4.79 Å². The van der Waals surface area contributed by atoms with Gasteiger partial charge in [-0.05, 0) is 12.8 Å². The Morgan fingerprint density at radius 2 is 1.73 bits per heavy atom. The summed E-state index contributed by atoms with van der Waals surface area (Å²) in [7, 11) is 1.40. The number of ketones is 1. The molecule has 2 saturated heterocycles. The van der Waals surface area contributed by atoms with Gasteiger partial charge in [-0.25, -0.2) is 4.79 Å². The van der Waals surface area contributed by atoms with Gasteiger partial charge < -0.3 is 9.64 Å². The van der Waals surface area contributed by atoms with Gasteiger partial charge in [-0.3, -0.25) is 4.79 Å². The van der Waals surface area contributed by atoms with Crippen LogP contribution in [0, 0.1) is 11.8 Å². The highest BCUT2D eigenvalue weighted by atomic mass is 16.5. The molecule has 0 aromatic rings. The van der Waals surface area contributed by atoms with Gasteiger partial charge in [-0.15, -0.1) is 0 Å². The summed E-state index contributed by atoms with van der Waals surface area (Å²) < 4.78 is 4.78. The largest absolute Gasteiger partial charge is 0.453 e. The van der Waals surface area contributed by atoms with Gasteiger partial charge in [0.25, 0.3) is 0 Å². The number of carbonyl (C=O) groups is 2. The van der Waals surface area contributed by atoms with Crippen molar-refractivity contribution in [3.8, 4) is 0 Å². The molecule has 1 amide bonds. The van der Waals surface area contributed by atoms with E-state index in [1.165, 1.54) is 7.11 Å². The van der Waals surface area contributed by atoms with Crippen molar-refractivity contribution >= 4 is 11.9 Å². The predicted molar refractivity (Wildman–Crippen MR) is 54.4 cm³/mol. The Kier molecular flexibility index (Phi) is 2.44. The van der Waals surface area contributed by atoms with Crippen LogP contribution in [0.5, 0.6) is 0 Å². The minimum atomic E-state index is -0.284. The first-order chi connectivity index (χ1) is 7.07. The van der Waals surface area contributed by atoms with Gasteiger partial charge in [0.2, 0.25) is 0 Å². The van der Waals surface area contributed by atoms with Crippen molar-refractivity contribution in [3.05, 3.63) is 0 Å². The molecule has 0 aromatic heterocycles. The number of ether oxygens (including phenoxy) is 1. The predicted octanol–water partition coefficient (Wildman–Crippen LogP) is 1.44. The van der Waals surface area contributed by atoms with Crippen molar-refractivity contribution in [1.82, 2.24) is 4.90 Å². The van der Waals surface area contributed by atoms with Crippen LogP contribution >= 0.6 is 0 Å². The van der Waals surface area contributed by atoms with Crippen LogP contribution in [0.15, 0.2) is 0 Å². The lowest BCUT2D eigenvalue weighted by atomic mass is 9.84. The molecule has 0 aromatic carbocycles. The summed E-state index contributed by atoms with van der Waals surface area (Å²) in [4.78, 5) is 25.3. The SMILES string of the molecule is COC(=O)N1C2CCC1C(C)C(=O)C2C. The number of piperidine rings is 1. The average Bonchev–Trinajstić information content (AvgIpc) is 2.64. The van der Waals surface area contributed by atoms with E-state index < -0.39 is 0 Å². The number of hydrogen-bond donors (Lipinski definition) is 0. The van der Waals surface area contributed by atoms with Crippen molar-refractivity contribution < 1.29 is 14.3 Å². The lowest BCUT2D eigenvalue weighted by Gasteiger charge is -2.40. The summed E-state index contributed by atoms with van der Waals surface area (Å²) in [6, 6.07) is 0.122. The number of fused-ring (bicyclic) bond motifs is 2. The van der Waals surface area contributed by atoms with Crippen molar-refractivity contribution in [1.29, 1.82) is 0 Å². The molecule has 0 N–H and O–H groups in total. The van der Waals surface area contributed by atoms with Crippen molar-refractivity contribution in [3.63, 3.8) is 0 Å². The summed E-state index contributed by atoms with van der Waals surface area (Å²) in [5.41, 5.74) is 0. The second kappa shape index (κ2) is 3.51. The van der Waals surface area contributed by atoms with Gasteiger partial charge in [0.1, 0.15) is 5.78 Å². The van der Waals surface area contributed by atoms with Crippen molar-refractivity contribution in [2.24, 2.45) is 11.8 Å². The van der Waals surface area contributed by atoms with Crippen molar-refractivity contribution in [2.45, 2.75) is 38.8 Å². The first kappa shape index (κ1) is 10.5. The molecule has 4 nitrogen and oxygen atoms in total. The van der Waals surface area contributed by atoms with Gasteiger partial charge in [0.15, 0.2) is 0 Å². The molecular formula is C11H17NO3. The van der Waals surface area contributed by atoms with E-state index in [9.17, 15) is 9.59 Å². The Labute approximate surface area is 89.6 Å². The number of rotatable bonds is 0. The topological polar surface area (TPSA) is 46.6 Å². The molecule has 0 saturated carbocycles. The highest BCUT2D eigenvalue weighted by Crippen LogP contribution is 2.40. The molecule has 4 atom stereocenters. The second-order valence-electron chi connectivity index (χ2n) is 4.57. The second-order valence-corrected chi connectivity index (χ2v) is 4.57. The Balaban J connectivity index is 2.29. The van der Waals surface area contributed by atoms with Gasteiger partial charge in [-0.1, -0.05) is 13.8 Å². The minimum Gasteiger partial charge on any atom is -0.453 e. The molecule has 2 fully saturated rings. The molecule has 0 radical (unpaired) electrons. The highest BCUT2D eigenvalue weighted by molar-refractivity contribution is 5.87. The van der Waals surface area contributed by atoms with Crippen LogP contribution in [0.1, 0.15) is 26.7 Å². The molecule has 2 rings (SSSR count). The third-order valence-electron chi connectivity index (χ3n) is 3.91. The normalized spacial score (nSPS) is 39.4. The quantitative estimate of drug-likeness (QED) is 0.609. The van der Waals surface area contributed by atoms with Gasteiger partial charge in [0, 0.05) is 23.9 Å². The van der Waals surface area contributed by atoms with Crippen molar-refractivity contribution in [2.75, 3.05) is 7.11 Å². The number of amides is 1. The number of nitrogens with zero attached hydrogens (tertiary/aromatic N) is 1. The summed E-state index contributed by atoms with van der Waals surface area (Å²) in [6.07, 6.45) is 1.57. The maximum absolute atomic E-state index is 11.9. The van der Waals surface area contributed by atoms with E-state index in [4.69, 9.17) is 4.74 Å². The third kappa shape index (κ3) is 1.34. The summed E-state index contributed by atoms with van der Waals surface area (Å²) in [5, 5.41) is 0. The third-order valence-corrected chi connectivity index (χ3v) is 3.91. The molecule has 0 aliphatic carbocycles. The molecule has 2 heterocycles. The first-order valence-corrected chi connectivity index (χ1v) is 5.48. The van der Waals surface area contributed by atoms with E-state index >= 15 is 0 Å². The molecule has 2 bridgehead atoms. The zero-order chi connectivity index (χ0) is 11.2. The zero-order valence-electron chi connectivity index (χ0n) is 9.40. The number of hydrogen-bond acceptors (Lipinski definition) is 3. The molecular weight excluding hydrogens is 194 g/mol.